The van der Waals surface area contributed by atoms with Crippen LogP contribution in [0.25, 0.3) is 0 Å². The molecule has 4 amide bonds. The van der Waals surface area contributed by atoms with Crippen LogP contribution in [-0.2, 0) is 15.1 Å². The molecule has 1 aromatic rings. The van der Waals surface area contributed by atoms with Crippen molar-refractivity contribution in [1.82, 2.24) is 15.1 Å². The number of amides is 4. The first-order chi connectivity index (χ1) is 12.3. The third-order valence-electron chi connectivity index (χ3n) is 5.51. The molecule has 0 aromatic heterocycles. The lowest BCUT2D eigenvalue weighted by Crippen LogP contribution is -2.46. The average molecular weight is 378 g/mol. The van der Waals surface area contributed by atoms with Crippen LogP contribution in [-0.4, -0.2) is 47.3 Å². The Bertz CT molecular complexity index is 715. The van der Waals surface area contributed by atoms with E-state index in [-0.39, 0.29) is 18.5 Å². The number of hydrogen-bond donors (Lipinski definition) is 1. The number of carbonyl (C=O) groups is 3. The van der Waals surface area contributed by atoms with E-state index in [2.05, 4.69) is 5.32 Å². The van der Waals surface area contributed by atoms with Gasteiger partial charge in [-0.05, 0) is 37.5 Å². The third kappa shape index (κ3) is 3.43. The average Bonchev–Trinajstić information content (AvgIpc) is 2.86. The van der Waals surface area contributed by atoms with Crippen molar-refractivity contribution in [1.29, 1.82) is 0 Å². The molecule has 140 valence electrons. The summed E-state index contributed by atoms with van der Waals surface area (Å²) in [5.74, 6) is -0.629. The van der Waals surface area contributed by atoms with Gasteiger partial charge in [0.25, 0.3) is 5.91 Å². The molecule has 1 saturated heterocycles. The first-order valence-electron chi connectivity index (χ1n) is 8.99. The van der Waals surface area contributed by atoms with E-state index in [1.54, 1.807) is 43.1 Å². The van der Waals surface area contributed by atoms with Crippen molar-refractivity contribution in [3.8, 4) is 0 Å². The summed E-state index contributed by atoms with van der Waals surface area (Å²) in [6.45, 7) is 1.41. The number of halogens is 1. The molecule has 26 heavy (non-hydrogen) atoms. The van der Waals surface area contributed by atoms with Gasteiger partial charge in [0.05, 0.1) is 0 Å². The van der Waals surface area contributed by atoms with E-state index in [1.165, 1.54) is 6.42 Å². The second-order valence-electron chi connectivity index (χ2n) is 7.25. The van der Waals surface area contributed by atoms with Crippen molar-refractivity contribution in [3.63, 3.8) is 0 Å². The van der Waals surface area contributed by atoms with E-state index >= 15 is 0 Å². The Hall–Kier alpha value is -2.08. The Balaban J connectivity index is 1.72. The zero-order valence-electron chi connectivity index (χ0n) is 15.1. The molecule has 1 aliphatic heterocycles. The maximum Gasteiger partial charge on any atom is 0.325 e. The van der Waals surface area contributed by atoms with Gasteiger partial charge in [0.1, 0.15) is 12.1 Å². The summed E-state index contributed by atoms with van der Waals surface area (Å²) in [5.41, 5.74) is -0.554. The molecule has 1 aromatic carbocycles. The van der Waals surface area contributed by atoms with Gasteiger partial charge < -0.3 is 10.2 Å². The Kier molecular flexibility index (Phi) is 5.23. The fraction of sp³-hybridized carbons (Fsp3) is 0.526. The van der Waals surface area contributed by atoms with Crippen LogP contribution in [0.4, 0.5) is 4.79 Å². The van der Waals surface area contributed by atoms with Crippen LogP contribution < -0.4 is 5.32 Å². The Morgan fingerprint density at radius 1 is 1.23 bits per heavy atom. The molecule has 1 heterocycles. The molecular weight excluding hydrogens is 354 g/mol. The first-order valence-corrected chi connectivity index (χ1v) is 9.36. The van der Waals surface area contributed by atoms with Gasteiger partial charge in [-0.1, -0.05) is 43.0 Å². The molecule has 3 rings (SSSR count). The normalized spacial score (nSPS) is 23.9. The SMILES string of the molecule is CN(C(=O)CN1C(=O)NC(C)(c2ccc(Cl)cc2)C1=O)C1CCCCC1. The summed E-state index contributed by atoms with van der Waals surface area (Å²) >= 11 is 5.90. The van der Waals surface area contributed by atoms with Crippen molar-refractivity contribution in [3.05, 3.63) is 34.9 Å². The number of benzene rings is 1. The number of hydrogen-bond acceptors (Lipinski definition) is 3. The smallest absolute Gasteiger partial charge is 0.325 e. The number of likely N-dealkylation sites (N-methyl/N-ethyl adjacent to an activating group) is 1. The maximum absolute atomic E-state index is 12.9. The van der Waals surface area contributed by atoms with Crippen LogP contribution in [0.3, 0.4) is 0 Å². The number of nitrogens with one attached hydrogen (secondary N) is 1. The van der Waals surface area contributed by atoms with Gasteiger partial charge >= 0.3 is 6.03 Å². The molecule has 6 nitrogen and oxygen atoms in total. The van der Waals surface area contributed by atoms with Gasteiger partial charge in [0.15, 0.2) is 0 Å². The highest BCUT2D eigenvalue weighted by Crippen LogP contribution is 2.30. The topological polar surface area (TPSA) is 69.7 Å². The highest BCUT2D eigenvalue weighted by Gasteiger charge is 2.49. The Labute approximate surface area is 158 Å². The van der Waals surface area contributed by atoms with Crippen molar-refractivity contribution < 1.29 is 14.4 Å². The summed E-state index contributed by atoms with van der Waals surface area (Å²) in [6.07, 6.45) is 5.38. The molecule has 2 fully saturated rings. The zero-order valence-corrected chi connectivity index (χ0v) is 15.9. The second kappa shape index (κ2) is 7.27. The minimum atomic E-state index is -1.19. The Morgan fingerprint density at radius 2 is 1.85 bits per heavy atom. The minimum absolute atomic E-state index is 0.194. The first kappa shape index (κ1) is 18.7. The Morgan fingerprint density at radius 3 is 2.46 bits per heavy atom. The molecule has 1 unspecified atom stereocenters. The van der Waals surface area contributed by atoms with E-state index in [9.17, 15) is 14.4 Å². The van der Waals surface area contributed by atoms with Crippen LogP contribution in [0.1, 0.15) is 44.6 Å². The summed E-state index contributed by atoms with van der Waals surface area (Å²) in [7, 11) is 1.76. The van der Waals surface area contributed by atoms with Gasteiger partial charge in [0, 0.05) is 18.1 Å². The highest BCUT2D eigenvalue weighted by atomic mass is 35.5. The van der Waals surface area contributed by atoms with Crippen molar-refractivity contribution in [2.24, 2.45) is 0 Å². The van der Waals surface area contributed by atoms with Gasteiger partial charge in [-0.25, -0.2) is 4.79 Å². The molecule has 1 aliphatic carbocycles. The van der Waals surface area contributed by atoms with E-state index in [4.69, 9.17) is 11.6 Å². The summed E-state index contributed by atoms with van der Waals surface area (Å²) in [6, 6.07) is 6.41. The fourth-order valence-corrected chi connectivity index (χ4v) is 3.86. The predicted molar refractivity (Wildman–Crippen MR) is 98.7 cm³/mol. The molecule has 0 bridgehead atoms. The second-order valence-corrected chi connectivity index (χ2v) is 7.69. The largest absolute Gasteiger partial charge is 0.341 e. The lowest BCUT2D eigenvalue weighted by Gasteiger charge is -2.32. The number of rotatable bonds is 4. The number of urea groups is 1. The van der Waals surface area contributed by atoms with Crippen LogP contribution in [0.2, 0.25) is 5.02 Å². The standard InChI is InChI=1S/C19H24ClN3O3/c1-19(13-8-10-14(20)11-9-13)17(25)23(18(26)21-19)12-16(24)22(2)15-6-4-3-5-7-15/h8-11,15H,3-7,12H2,1-2H3,(H,21,26). The number of imide groups is 1. The van der Waals surface area contributed by atoms with Gasteiger partial charge in [-0.15, -0.1) is 0 Å². The molecule has 2 aliphatic rings. The quantitative estimate of drug-likeness (QED) is 0.820. The molecule has 0 spiro atoms. The van der Waals surface area contributed by atoms with E-state index in [1.807, 2.05) is 0 Å². The number of nitrogens with zero attached hydrogens (tertiary/aromatic N) is 2. The molecule has 7 heteroatoms. The third-order valence-corrected chi connectivity index (χ3v) is 5.76. The maximum atomic E-state index is 12.9. The van der Waals surface area contributed by atoms with Crippen LogP contribution in [0, 0.1) is 0 Å². The zero-order chi connectivity index (χ0) is 18.9. The molecule has 1 N–H and O–H groups in total. The van der Waals surface area contributed by atoms with E-state index < -0.39 is 17.5 Å². The summed E-state index contributed by atoms with van der Waals surface area (Å²) < 4.78 is 0. The fourth-order valence-electron chi connectivity index (χ4n) is 3.74. The predicted octanol–water partition coefficient (Wildman–Crippen LogP) is 2.90. The number of carbonyl (C=O) groups excluding carboxylic acids is 3. The van der Waals surface area contributed by atoms with Gasteiger partial charge in [0.2, 0.25) is 5.91 Å². The van der Waals surface area contributed by atoms with Crippen molar-refractivity contribution >= 4 is 29.4 Å². The van der Waals surface area contributed by atoms with Crippen LogP contribution in [0.5, 0.6) is 0 Å². The van der Waals surface area contributed by atoms with Gasteiger partial charge in [-0.3, -0.25) is 14.5 Å². The minimum Gasteiger partial charge on any atom is -0.341 e. The summed E-state index contributed by atoms with van der Waals surface area (Å²) in [5, 5.41) is 3.26. The molecule has 0 radical (unpaired) electrons. The van der Waals surface area contributed by atoms with Crippen LogP contribution in [0.15, 0.2) is 24.3 Å². The summed E-state index contributed by atoms with van der Waals surface area (Å²) in [4.78, 5) is 40.6. The van der Waals surface area contributed by atoms with Crippen molar-refractivity contribution in [2.75, 3.05) is 13.6 Å². The molecule has 1 atom stereocenters. The molecular formula is C19H24ClN3O3. The monoisotopic (exact) mass is 377 g/mol. The van der Waals surface area contributed by atoms with E-state index in [0.717, 1.165) is 30.6 Å². The highest BCUT2D eigenvalue weighted by molar-refractivity contribution is 6.30. The van der Waals surface area contributed by atoms with Gasteiger partial charge in [-0.2, -0.15) is 0 Å². The molecule has 1 saturated carbocycles. The lowest BCUT2D eigenvalue weighted by atomic mass is 9.92. The van der Waals surface area contributed by atoms with E-state index in [0.29, 0.717) is 10.6 Å². The van der Waals surface area contributed by atoms with Crippen LogP contribution >= 0.6 is 11.6 Å². The van der Waals surface area contributed by atoms with Crippen molar-refractivity contribution in [2.45, 2.75) is 50.6 Å². The lowest BCUT2D eigenvalue weighted by molar-refractivity contribution is -0.139.